The Labute approximate surface area is 111 Å². The highest BCUT2D eigenvalue weighted by Gasteiger charge is 2.16. The Hall–Kier alpha value is -1.88. The first-order valence-corrected chi connectivity index (χ1v) is 6.36. The van der Waals surface area contributed by atoms with Gasteiger partial charge in [-0.05, 0) is 25.0 Å². The maximum absolute atomic E-state index is 11.6. The first-order valence-electron chi connectivity index (χ1n) is 6.36. The van der Waals surface area contributed by atoms with Crippen LogP contribution in [0.15, 0.2) is 30.3 Å². The number of hydrogen-bond donors (Lipinski definition) is 1. The van der Waals surface area contributed by atoms with Crippen LogP contribution in [-0.2, 0) is 14.3 Å². The first kappa shape index (κ1) is 13.5. The first-order chi connectivity index (χ1) is 9.25. The summed E-state index contributed by atoms with van der Waals surface area (Å²) in [7, 11) is 0. The van der Waals surface area contributed by atoms with Gasteiger partial charge in [0.1, 0.15) is 0 Å². The van der Waals surface area contributed by atoms with Gasteiger partial charge in [-0.3, -0.25) is 4.79 Å². The number of esters is 1. The third kappa shape index (κ3) is 4.37. The molecule has 0 spiro atoms. The molecule has 0 bridgehead atoms. The molecule has 2 rings (SSSR count). The number of carbonyl (C=O) groups excluding carboxylic acids is 2. The summed E-state index contributed by atoms with van der Waals surface area (Å²) in [5, 5.41) is 2.69. The molecule has 19 heavy (non-hydrogen) atoms. The van der Waals surface area contributed by atoms with E-state index in [9.17, 15) is 9.59 Å². The molecule has 102 valence electrons. The lowest BCUT2D eigenvalue weighted by molar-refractivity contribution is -0.124. The van der Waals surface area contributed by atoms with Crippen molar-refractivity contribution in [3.8, 4) is 0 Å². The van der Waals surface area contributed by atoms with E-state index in [1.165, 1.54) is 0 Å². The molecule has 1 saturated heterocycles. The molecule has 0 saturated carbocycles. The van der Waals surface area contributed by atoms with Gasteiger partial charge < -0.3 is 14.8 Å². The van der Waals surface area contributed by atoms with Crippen LogP contribution < -0.4 is 5.32 Å². The number of hydrogen-bond acceptors (Lipinski definition) is 4. The van der Waals surface area contributed by atoms with E-state index in [4.69, 9.17) is 9.47 Å². The smallest absolute Gasteiger partial charge is 0.338 e. The molecule has 1 fully saturated rings. The molecular formula is C14H17NO4. The van der Waals surface area contributed by atoms with Crippen LogP contribution in [0.1, 0.15) is 23.2 Å². The van der Waals surface area contributed by atoms with Crippen molar-refractivity contribution >= 4 is 11.9 Å². The van der Waals surface area contributed by atoms with Crippen molar-refractivity contribution in [1.82, 2.24) is 5.32 Å². The van der Waals surface area contributed by atoms with Crippen LogP contribution in [0.5, 0.6) is 0 Å². The van der Waals surface area contributed by atoms with Crippen molar-refractivity contribution in [2.75, 3.05) is 19.8 Å². The van der Waals surface area contributed by atoms with Crippen molar-refractivity contribution in [3.05, 3.63) is 35.9 Å². The summed E-state index contributed by atoms with van der Waals surface area (Å²) in [5.74, 6) is -0.798. The van der Waals surface area contributed by atoms with Crippen LogP contribution in [0.2, 0.25) is 0 Å². The molecular weight excluding hydrogens is 246 g/mol. The summed E-state index contributed by atoms with van der Waals surface area (Å²) in [6.07, 6.45) is 2.09. The number of ether oxygens (including phenoxy) is 2. The topological polar surface area (TPSA) is 64.6 Å². The molecule has 1 aromatic carbocycles. The molecule has 5 heteroatoms. The fourth-order valence-electron chi connectivity index (χ4n) is 1.87. The number of carbonyl (C=O) groups is 2. The Morgan fingerprint density at radius 3 is 2.79 bits per heavy atom. The van der Waals surface area contributed by atoms with Crippen LogP contribution >= 0.6 is 0 Å². The van der Waals surface area contributed by atoms with Gasteiger partial charge in [-0.15, -0.1) is 0 Å². The van der Waals surface area contributed by atoms with Gasteiger partial charge in [0.15, 0.2) is 6.61 Å². The number of benzene rings is 1. The van der Waals surface area contributed by atoms with Gasteiger partial charge in [-0.25, -0.2) is 4.79 Å². The van der Waals surface area contributed by atoms with Crippen molar-refractivity contribution in [3.63, 3.8) is 0 Å². The Kier molecular flexibility index (Phi) is 4.92. The van der Waals surface area contributed by atoms with Gasteiger partial charge in [0, 0.05) is 13.2 Å². The number of amides is 1. The average Bonchev–Trinajstić information content (AvgIpc) is 2.96. The van der Waals surface area contributed by atoms with Gasteiger partial charge in [0.05, 0.1) is 11.7 Å². The maximum atomic E-state index is 11.6. The summed E-state index contributed by atoms with van der Waals surface area (Å²) >= 11 is 0. The minimum atomic E-state index is -0.493. The lowest BCUT2D eigenvalue weighted by atomic mass is 10.2. The molecule has 5 nitrogen and oxygen atoms in total. The average molecular weight is 263 g/mol. The summed E-state index contributed by atoms with van der Waals surface area (Å²) in [6, 6.07) is 8.59. The zero-order chi connectivity index (χ0) is 13.5. The SMILES string of the molecule is O=C(COC(=O)c1ccccc1)NC[C@H]1CCCO1. The van der Waals surface area contributed by atoms with Crippen LogP contribution in [-0.4, -0.2) is 37.7 Å². The van der Waals surface area contributed by atoms with Gasteiger partial charge in [-0.1, -0.05) is 18.2 Å². The Morgan fingerprint density at radius 2 is 2.11 bits per heavy atom. The van der Waals surface area contributed by atoms with Gasteiger partial charge in [0.2, 0.25) is 0 Å². The van der Waals surface area contributed by atoms with E-state index in [-0.39, 0.29) is 18.6 Å². The summed E-state index contributed by atoms with van der Waals surface area (Å²) in [6.45, 7) is 0.964. The largest absolute Gasteiger partial charge is 0.452 e. The van der Waals surface area contributed by atoms with E-state index in [0.29, 0.717) is 12.1 Å². The number of nitrogens with one attached hydrogen (secondary N) is 1. The van der Waals surface area contributed by atoms with Gasteiger partial charge in [-0.2, -0.15) is 0 Å². The molecule has 0 aliphatic carbocycles. The Morgan fingerprint density at radius 1 is 1.32 bits per heavy atom. The molecule has 1 N–H and O–H groups in total. The maximum Gasteiger partial charge on any atom is 0.338 e. The van der Waals surface area contributed by atoms with Crippen LogP contribution in [0.3, 0.4) is 0 Å². The van der Waals surface area contributed by atoms with Crippen LogP contribution in [0, 0.1) is 0 Å². The minimum Gasteiger partial charge on any atom is -0.452 e. The molecule has 1 amide bonds. The van der Waals surface area contributed by atoms with Crippen LogP contribution in [0.4, 0.5) is 0 Å². The van der Waals surface area contributed by atoms with E-state index in [1.807, 2.05) is 6.07 Å². The van der Waals surface area contributed by atoms with Crippen molar-refractivity contribution in [2.24, 2.45) is 0 Å². The van der Waals surface area contributed by atoms with E-state index < -0.39 is 5.97 Å². The van der Waals surface area contributed by atoms with Crippen molar-refractivity contribution in [1.29, 1.82) is 0 Å². The quantitative estimate of drug-likeness (QED) is 0.809. The summed E-state index contributed by atoms with van der Waals surface area (Å²) < 4.78 is 10.3. The third-order valence-electron chi connectivity index (χ3n) is 2.89. The normalized spacial score (nSPS) is 18.0. The molecule has 0 aromatic heterocycles. The standard InChI is InChI=1S/C14H17NO4/c16-13(15-9-12-7-4-8-18-12)10-19-14(17)11-5-2-1-3-6-11/h1-3,5-6,12H,4,7-10H2,(H,15,16)/t12-/m1/s1. The molecule has 1 aliphatic heterocycles. The zero-order valence-corrected chi connectivity index (χ0v) is 10.6. The van der Waals surface area contributed by atoms with E-state index in [1.54, 1.807) is 24.3 Å². The second-order valence-corrected chi connectivity index (χ2v) is 4.38. The molecule has 0 unspecified atom stereocenters. The van der Waals surface area contributed by atoms with E-state index >= 15 is 0 Å². The van der Waals surface area contributed by atoms with E-state index in [2.05, 4.69) is 5.32 Å². The van der Waals surface area contributed by atoms with Gasteiger partial charge in [0.25, 0.3) is 5.91 Å². The van der Waals surface area contributed by atoms with Crippen LogP contribution in [0.25, 0.3) is 0 Å². The number of rotatable bonds is 5. The van der Waals surface area contributed by atoms with Crippen molar-refractivity contribution < 1.29 is 19.1 Å². The highest BCUT2D eigenvalue weighted by Crippen LogP contribution is 2.10. The summed E-state index contributed by atoms with van der Waals surface area (Å²) in [4.78, 5) is 23.1. The molecule has 0 radical (unpaired) electrons. The fraction of sp³-hybridized carbons (Fsp3) is 0.429. The molecule has 1 aliphatic rings. The lowest BCUT2D eigenvalue weighted by Gasteiger charge is -2.10. The lowest BCUT2D eigenvalue weighted by Crippen LogP contribution is -2.34. The third-order valence-corrected chi connectivity index (χ3v) is 2.89. The predicted molar refractivity (Wildman–Crippen MR) is 68.7 cm³/mol. The minimum absolute atomic E-state index is 0.0915. The predicted octanol–water partition coefficient (Wildman–Crippen LogP) is 1.14. The second-order valence-electron chi connectivity index (χ2n) is 4.38. The van der Waals surface area contributed by atoms with Crippen molar-refractivity contribution in [2.45, 2.75) is 18.9 Å². The zero-order valence-electron chi connectivity index (χ0n) is 10.6. The highest BCUT2D eigenvalue weighted by molar-refractivity contribution is 5.91. The second kappa shape index (κ2) is 6.89. The van der Waals surface area contributed by atoms with Gasteiger partial charge >= 0.3 is 5.97 Å². The fourth-order valence-corrected chi connectivity index (χ4v) is 1.87. The monoisotopic (exact) mass is 263 g/mol. The van der Waals surface area contributed by atoms with E-state index in [0.717, 1.165) is 19.4 Å². The molecule has 1 heterocycles. The highest BCUT2D eigenvalue weighted by atomic mass is 16.5. The molecule has 1 aromatic rings. The summed E-state index contributed by atoms with van der Waals surface area (Å²) in [5.41, 5.74) is 0.439. The Bertz CT molecular complexity index is 426. The Balaban J connectivity index is 1.67. The molecule has 1 atom stereocenters.